The number of hydrogen-bond donors (Lipinski definition) is 1. The van der Waals surface area contributed by atoms with Gasteiger partial charge in [-0.3, -0.25) is 4.79 Å². The van der Waals surface area contributed by atoms with E-state index in [0.29, 0.717) is 12.2 Å². The van der Waals surface area contributed by atoms with Crippen molar-refractivity contribution in [2.24, 2.45) is 4.40 Å². The normalized spacial score (nSPS) is 14.8. The summed E-state index contributed by atoms with van der Waals surface area (Å²) in [6.45, 7) is 2.41. The monoisotopic (exact) mass is 357 g/mol. The highest BCUT2D eigenvalue weighted by Gasteiger charge is 2.26. The lowest BCUT2D eigenvalue weighted by Crippen LogP contribution is -2.39. The molecular formula is C18H19N3O3S. The van der Waals surface area contributed by atoms with Crippen molar-refractivity contribution >= 4 is 28.0 Å². The number of benzene rings is 2. The molecule has 0 spiro atoms. The quantitative estimate of drug-likeness (QED) is 0.886. The molecule has 2 aromatic rings. The zero-order valence-corrected chi connectivity index (χ0v) is 14.7. The summed E-state index contributed by atoms with van der Waals surface area (Å²) in [6, 6.07) is 14.9. The fourth-order valence-electron chi connectivity index (χ4n) is 2.64. The number of nitrogens with zero attached hydrogens (tertiary/aromatic N) is 2. The highest BCUT2D eigenvalue weighted by molar-refractivity contribution is 7.90. The van der Waals surface area contributed by atoms with E-state index in [2.05, 4.69) is 9.71 Å². The lowest BCUT2D eigenvalue weighted by molar-refractivity contribution is -0.119. The lowest BCUT2D eigenvalue weighted by Gasteiger charge is -2.25. The van der Waals surface area contributed by atoms with Gasteiger partial charge in [0.05, 0.1) is 5.69 Å². The average Bonchev–Trinajstić information content (AvgIpc) is 2.58. The summed E-state index contributed by atoms with van der Waals surface area (Å²) in [5.41, 5.74) is 2.54. The van der Waals surface area contributed by atoms with E-state index >= 15 is 0 Å². The van der Waals surface area contributed by atoms with Crippen LogP contribution in [0.2, 0.25) is 0 Å². The highest BCUT2D eigenvalue weighted by atomic mass is 32.2. The Morgan fingerprint density at radius 3 is 2.68 bits per heavy atom. The van der Waals surface area contributed by atoms with Gasteiger partial charge in [0.25, 0.3) is 10.0 Å². The molecule has 7 heteroatoms. The summed E-state index contributed by atoms with van der Waals surface area (Å²) in [6.07, 6.45) is 1.94. The molecule has 1 amide bonds. The Morgan fingerprint density at radius 2 is 1.92 bits per heavy atom. The molecular weight excluding hydrogens is 338 g/mol. The second-order valence-electron chi connectivity index (χ2n) is 5.88. The third-order valence-electron chi connectivity index (χ3n) is 3.92. The summed E-state index contributed by atoms with van der Waals surface area (Å²) < 4.78 is 27.6. The smallest absolute Gasteiger partial charge is 0.285 e. The first kappa shape index (κ1) is 17.2. The summed E-state index contributed by atoms with van der Waals surface area (Å²) >= 11 is 0. The number of hydrogen-bond acceptors (Lipinski definition) is 4. The third-order valence-corrected chi connectivity index (χ3v) is 5.19. The van der Waals surface area contributed by atoms with Crippen molar-refractivity contribution < 1.29 is 13.2 Å². The maximum Gasteiger partial charge on any atom is 0.285 e. The Morgan fingerprint density at radius 1 is 1.16 bits per heavy atom. The Bertz CT molecular complexity index is 908. The van der Waals surface area contributed by atoms with Crippen molar-refractivity contribution in [3.8, 4) is 0 Å². The van der Waals surface area contributed by atoms with Crippen LogP contribution in [0.25, 0.3) is 0 Å². The minimum Gasteiger partial charge on any atom is -0.354 e. The summed E-state index contributed by atoms with van der Waals surface area (Å²) in [5.74, 6) is -0.186. The van der Waals surface area contributed by atoms with Gasteiger partial charge in [-0.15, -0.1) is 4.40 Å². The van der Waals surface area contributed by atoms with Crippen molar-refractivity contribution in [3.05, 3.63) is 59.7 Å². The van der Waals surface area contributed by atoms with Crippen molar-refractivity contribution in [1.29, 1.82) is 0 Å². The fraction of sp³-hybridized carbons (Fsp3) is 0.222. The van der Waals surface area contributed by atoms with E-state index in [-0.39, 0.29) is 17.3 Å². The highest BCUT2D eigenvalue weighted by Crippen LogP contribution is 2.30. The minimum absolute atomic E-state index is 0.0181. The van der Waals surface area contributed by atoms with Crippen LogP contribution in [0.15, 0.2) is 57.8 Å². The van der Waals surface area contributed by atoms with Gasteiger partial charge in [-0.2, -0.15) is 8.42 Å². The van der Waals surface area contributed by atoms with Gasteiger partial charge < -0.3 is 10.2 Å². The van der Waals surface area contributed by atoms with Crippen molar-refractivity contribution in [2.75, 3.05) is 18.0 Å². The first-order valence-corrected chi connectivity index (χ1v) is 9.38. The summed E-state index contributed by atoms with van der Waals surface area (Å²) in [5, 5.41) is 2.85. The molecule has 0 saturated heterocycles. The molecule has 0 bridgehead atoms. The number of nitrogens with one attached hydrogen (secondary N) is 1. The molecule has 2 aromatic carbocycles. The van der Waals surface area contributed by atoms with Gasteiger partial charge in [0.2, 0.25) is 5.91 Å². The van der Waals surface area contributed by atoms with Gasteiger partial charge in [-0.05, 0) is 36.6 Å². The van der Waals surface area contributed by atoms with E-state index in [0.717, 1.165) is 17.5 Å². The van der Waals surface area contributed by atoms with E-state index in [1.807, 2.05) is 37.3 Å². The number of fused-ring (bicyclic) bond motifs is 1. The van der Waals surface area contributed by atoms with Crippen molar-refractivity contribution in [2.45, 2.75) is 18.2 Å². The molecule has 0 fully saturated rings. The van der Waals surface area contributed by atoms with Crippen molar-refractivity contribution in [3.63, 3.8) is 0 Å². The fourth-order valence-corrected chi connectivity index (χ4v) is 3.67. The van der Waals surface area contributed by atoms with Gasteiger partial charge in [0.1, 0.15) is 17.8 Å². The SMILES string of the molecule is Cc1ccc2c(c1)N(CC(=O)NCCc1ccccc1)C=NS2(=O)=O. The summed E-state index contributed by atoms with van der Waals surface area (Å²) in [4.78, 5) is 13.9. The van der Waals surface area contributed by atoms with Gasteiger partial charge in [0.15, 0.2) is 0 Å². The van der Waals surface area contributed by atoms with Crippen LogP contribution >= 0.6 is 0 Å². The number of sulfonamides is 1. The molecule has 0 unspecified atom stereocenters. The molecule has 0 radical (unpaired) electrons. The third kappa shape index (κ3) is 4.06. The largest absolute Gasteiger partial charge is 0.354 e. The molecule has 130 valence electrons. The Labute approximate surface area is 147 Å². The molecule has 1 heterocycles. The van der Waals surface area contributed by atoms with Crippen molar-refractivity contribution in [1.82, 2.24) is 5.32 Å². The number of aryl methyl sites for hydroxylation is 1. The van der Waals surface area contributed by atoms with Crippen LogP contribution in [0.1, 0.15) is 11.1 Å². The van der Waals surface area contributed by atoms with Crippen LogP contribution in [-0.2, 0) is 21.2 Å². The van der Waals surface area contributed by atoms with E-state index in [9.17, 15) is 13.2 Å². The zero-order valence-electron chi connectivity index (χ0n) is 13.8. The number of anilines is 1. The molecule has 0 atom stereocenters. The molecule has 0 aromatic heterocycles. The predicted octanol–water partition coefficient (Wildman–Crippen LogP) is 1.89. The van der Waals surface area contributed by atoms with Crippen LogP contribution in [0, 0.1) is 6.92 Å². The molecule has 3 rings (SSSR count). The van der Waals surface area contributed by atoms with Gasteiger partial charge in [-0.25, -0.2) is 0 Å². The van der Waals surface area contributed by atoms with E-state index < -0.39 is 10.0 Å². The topological polar surface area (TPSA) is 78.8 Å². The van der Waals surface area contributed by atoms with E-state index in [4.69, 9.17) is 0 Å². The maximum atomic E-state index is 12.2. The molecule has 6 nitrogen and oxygen atoms in total. The molecule has 1 N–H and O–H groups in total. The molecule has 0 saturated carbocycles. The Kier molecular flexibility index (Phi) is 4.85. The standard InChI is InChI=1S/C18H19N3O3S/c1-14-7-8-17-16(11-14)21(13-20-25(17,23)24)12-18(22)19-10-9-15-5-3-2-4-6-15/h2-8,11,13H,9-10,12H2,1H3,(H,19,22). The van der Waals surface area contributed by atoms with Crippen LogP contribution in [0.4, 0.5) is 5.69 Å². The number of carbonyl (C=O) groups excluding carboxylic acids is 1. The maximum absolute atomic E-state index is 12.2. The average molecular weight is 357 g/mol. The second-order valence-corrected chi connectivity index (χ2v) is 7.48. The number of rotatable bonds is 5. The van der Waals surface area contributed by atoms with Gasteiger partial charge in [-0.1, -0.05) is 36.4 Å². The summed E-state index contributed by atoms with van der Waals surface area (Å²) in [7, 11) is -3.68. The van der Waals surface area contributed by atoms with E-state index in [1.54, 1.807) is 17.0 Å². The van der Waals surface area contributed by atoms with Crippen LogP contribution in [0.3, 0.4) is 0 Å². The van der Waals surface area contributed by atoms with Crippen LogP contribution < -0.4 is 10.2 Å². The molecule has 25 heavy (non-hydrogen) atoms. The molecule has 1 aliphatic rings. The number of amides is 1. The Hall–Kier alpha value is -2.67. The van der Waals surface area contributed by atoms with Gasteiger partial charge >= 0.3 is 0 Å². The molecule has 0 aliphatic carbocycles. The van der Waals surface area contributed by atoms with E-state index in [1.165, 1.54) is 12.4 Å². The lowest BCUT2D eigenvalue weighted by atomic mass is 10.1. The number of carbonyl (C=O) groups is 1. The Balaban J connectivity index is 1.65. The van der Waals surface area contributed by atoms with Gasteiger partial charge in [0, 0.05) is 6.54 Å². The molecule has 1 aliphatic heterocycles. The van der Waals surface area contributed by atoms with Crippen LogP contribution in [-0.4, -0.2) is 33.8 Å². The predicted molar refractivity (Wildman–Crippen MR) is 97.4 cm³/mol. The minimum atomic E-state index is -3.68. The first-order valence-electron chi connectivity index (χ1n) is 7.94. The second kappa shape index (κ2) is 7.06. The van der Waals surface area contributed by atoms with Crippen LogP contribution in [0.5, 0.6) is 0 Å². The zero-order chi connectivity index (χ0) is 17.9. The first-order chi connectivity index (χ1) is 12.0.